The van der Waals surface area contributed by atoms with Crippen molar-refractivity contribution >= 4 is 22.1 Å². The predicted molar refractivity (Wildman–Crippen MR) is 251 cm³/mol. The van der Waals surface area contributed by atoms with E-state index in [-0.39, 0.29) is 75.7 Å². The van der Waals surface area contributed by atoms with Gasteiger partial charge >= 0.3 is 63.3 Å². The Bertz CT molecular complexity index is 1340. The van der Waals surface area contributed by atoms with Gasteiger partial charge in [-0.2, -0.15) is 0 Å². The van der Waals surface area contributed by atoms with Gasteiger partial charge in [-0.3, -0.25) is 0 Å². The van der Waals surface area contributed by atoms with Crippen molar-refractivity contribution in [2.45, 2.75) is 250 Å². The third-order valence-corrected chi connectivity index (χ3v) is 12.3. The van der Waals surface area contributed by atoms with Crippen LogP contribution in [0.2, 0.25) is 0 Å². The zero-order chi connectivity index (χ0) is 43.6. The molecule has 9 heteroatoms. The number of rotatable bonds is 43. The summed E-state index contributed by atoms with van der Waals surface area (Å²) < 4.78 is 45.9. The van der Waals surface area contributed by atoms with Crippen molar-refractivity contribution in [3.63, 3.8) is 0 Å². The van der Waals surface area contributed by atoms with Gasteiger partial charge in [0.1, 0.15) is 10.1 Å². The molecule has 0 heterocycles. The Morgan fingerprint density at radius 1 is 0.443 bits per heavy atom. The van der Waals surface area contributed by atoms with Gasteiger partial charge in [0.25, 0.3) is 0 Å². The minimum absolute atomic E-state index is 0. The van der Waals surface area contributed by atoms with Crippen molar-refractivity contribution in [1.82, 2.24) is 0 Å². The minimum atomic E-state index is -4.82. The number of hydrogen-bond acceptors (Lipinski definition) is 7. The molecule has 0 saturated heterocycles. The first kappa shape index (κ1) is 60.2. The smallest absolute Gasteiger partial charge is 0.744 e. The molecule has 61 heavy (non-hydrogen) atoms. The van der Waals surface area contributed by atoms with Crippen LogP contribution in [0.5, 0.6) is 0 Å². The van der Waals surface area contributed by atoms with Crippen LogP contribution in [0.3, 0.4) is 0 Å². The van der Waals surface area contributed by atoms with Crippen LogP contribution < -0.4 is 51.4 Å². The first-order valence-electron chi connectivity index (χ1n) is 25.0. The largest absolute Gasteiger partial charge is 1.00 e. The standard InChI is InChI=1S/C52H90O7S.K/c1-3-5-7-9-11-13-15-17-19-21-23-25-27-29-31-33-35-37-39-41-45-58-51(53)49-44-43-48(60(55,56)57)47-50(49)52(54)59-46-42-40-38-36-34-32-30-28-26-24-22-20-18-16-14-12-10-8-6-4-2;/h19-22,43-44,47H,3-18,23-42,45-46H2,1-2H3,(H,55,56,57);/q;+1/p-1/b21-19+,22-20+;. The predicted octanol–water partition coefficient (Wildman–Crippen LogP) is 13.1. The third-order valence-electron chi connectivity index (χ3n) is 11.5. The Kier molecular flexibility index (Phi) is 43.8. The van der Waals surface area contributed by atoms with Gasteiger partial charge < -0.3 is 14.0 Å². The van der Waals surface area contributed by atoms with Crippen molar-refractivity contribution in [3.8, 4) is 0 Å². The number of esters is 2. The van der Waals surface area contributed by atoms with Gasteiger partial charge in [-0.15, -0.1) is 0 Å². The summed E-state index contributed by atoms with van der Waals surface area (Å²) >= 11 is 0. The Balaban J connectivity index is 0.0000360. The monoisotopic (exact) mass is 897 g/mol. The Hall–Kier alpha value is -0.814. The van der Waals surface area contributed by atoms with Crippen LogP contribution in [0.1, 0.15) is 266 Å². The summed E-state index contributed by atoms with van der Waals surface area (Å²) in [6.07, 6.45) is 53.6. The average Bonchev–Trinajstić information content (AvgIpc) is 3.24. The van der Waals surface area contributed by atoms with Crippen molar-refractivity contribution < 1.29 is 83.4 Å². The first-order chi connectivity index (χ1) is 29.3. The normalized spacial score (nSPS) is 11.7. The van der Waals surface area contributed by atoms with Gasteiger partial charge in [-0.1, -0.05) is 205 Å². The maximum atomic E-state index is 13.0. The van der Waals surface area contributed by atoms with E-state index in [0.29, 0.717) is 12.8 Å². The molecule has 0 atom stereocenters. The van der Waals surface area contributed by atoms with Gasteiger partial charge in [0.05, 0.1) is 29.2 Å². The summed E-state index contributed by atoms with van der Waals surface area (Å²) in [7, 11) is -4.82. The molecule has 0 aliphatic heterocycles. The van der Waals surface area contributed by atoms with Crippen LogP contribution in [0.25, 0.3) is 0 Å². The fourth-order valence-corrected chi connectivity index (χ4v) is 8.12. The molecule has 1 aromatic rings. The second-order valence-corrected chi connectivity index (χ2v) is 18.5. The Morgan fingerprint density at radius 3 is 1.03 bits per heavy atom. The number of allylic oxidation sites excluding steroid dienone is 4. The van der Waals surface area contributed by atoms with E-state index >= 15 is 0 Å². The van der Waals surface area contributed by atoms with Gasteiger partial charge in [0, 0.05) is 0 Å². The summed E-state index contributed by atoms with van der Waals surface area (Å²) in [6.45, 7) is 4.89. The van der Waals surface area contributed by atoms with E-state index in [0.717, 1.165) is 50.7 Å². The van der Waals surface area contributed by atoms with Crippen LogP contribution in [0.15, 0.2) is 47.4 Å². The van der Waals surface area contributed by atoms with E-state index in [9.17, 15) is 22.6 Å². The molecule has 0 amide bonds. The third kappa shape index (κ3) is 37.1. The van der Waals surface area contributed by atoms with Crippen LogP contribution in [-0.4, -0.2) is 38.1 Å². The molecule has 0 aliphatic rings. The zero-order valence-corrected chi connectivity index (χ0v) is 43.6. The van der Waals surface area contributed by atoms with E-state index in [1.807, 2.05) is 0 Å². The molecule has 0 spiro atoms. The number of benzene rings is 1. The van der Waals surface area contributed by atoms with E-state index < -0.39 is 27.0 Å². The molecule has 0 N–H and O–H groups in total. The number of hydrogen-bond donors (Lipinski definition) is 0. The van der Waals surface area contributed by atoms with E-state index in [1.54, 1.807) is 0 Å². The van der Waals surface area contributed by atoms with Crippen LogP contribution in [-0.2, 0) is 19.6 Å². The van der Waals surface area contributed by atoms with Crippen molar-refractivity contribution in [2.24, 2.45) is 0 Å². The number of unbranched alkanes of at least 4 members (excludes halogenated alkanes) is 32. The molecule has 346 valence electrons. The van der Waals surface area contributed by atoms with Crippen molar-refractivity contribution in [3.05, 3.63) is 53.6 Å². The molecule has 0 aromatic heterocycles. The molecular formula is C52H89KO7S. The van der Waals surface area contributed by atoms with Crippen LogP contribution in [0, 0.1) is 0 Å². The Labute approximate surface area is 418 Å². The molecule has 1 rings (SSSR count). The van der Waals surface area contributed by atoms with Crippen LogP contribution >= 0.6 is 0 Å². The SMILES string of the molecule is CCCCCCCCC/C=C/CCCCCCCCCCCOC(=O)c1ccc(S(=O)(=O)[O-])cc1C(=O)OCCCCCCCCCCC/C=C/CCCCCCCCC.[K+]. The second-order valence-electron chi connectivity index (χ2n) is 17.1. The topological polar surface area (TPSA) is 110 Å². The van der Waals surface area contributed by atoms with E-state index in [2.05, 4.69) is 38.2 Å². The molecule has 0 bridgehead atoms. The molecule has 0 radical (unpaired) electrons. The first-order valence-corrected chi connectivity index (χ1v) is 26.5. The molecule has 1 aromatic carbocycles. The number of ether oxygens (including phenoxy) is 2. The fraction of sp³-hybridized carbons (Fsp3) is 0.769. The van der Waals surface area contributed by atoms with E-state index in [1.165, 1.54) is 186 Å². The summed E-state index contributed by atoms with van der Waals surface area (Å²) in [6, 6.07) is 3.15. The number of carbonyl (C=O) groups excluding carboxylic acids is 2. The van der Waals surface area contributed by atoms with Gasteiger partial charge in [-0.05, 0) is 82.4 Å². The maximum absolute atomic E-state index is 13.0. The van der Waals surface area contributed by atoms with Crippen LogP contribution in [0.4, 0.5) is 0 Å². The maximum Gasteiger partial charge on any atom is 1.00 e. The summed E-state index contributed by atoms with van der Waals surface area (Å²) in [5, 5.41) is 0. The van der Waals surface area contributed by atoms with Crippen molar-refractivity contribution in [2.75, 3.05) is 13.2 Å². The quantitative estimate of drug-likeness (QED) is 0.0211. The van der Waals surface area contributed by atoms with Gasteiger partial charge in [0.2, 0.25) is 0 Å². The molecule has 0 unspecified atom stereocenters. The van der Waals surface area contributed by atoms with Crippen molar-refractivity contribution in [1.29, 1.82) is 0 Å². The van der Waals surface area contributed by atoms with E-state index in [4.69, 9.17) is 9.47 Å². The number of carbonyl (C=O) groups is 2. The molecular weight excluding hydrogens is 808 g/mol. The average molecular weight is 897 g/mol. The summed E-state index contributed by atoms with van der Waals surface area (Å²) in [4.78, 5) is 25.3. The molecule has 0 saturated carbocycles. The van der Waals surface area contributed by atoms with Gasteiger partial charge in [-0.25, -0.2) is 18.0 Å². The second kappa shape index (κ2) is 44.4. The van der Waals surface area contributed by atoms with Gasteiger partial charge in [0.15, 0.2) is 0 Å². The molecule has 0 fully saturated rings. The summed E-state index contributed by atoms with van der Waals surface area (Å²) in [5.74, 6) is -1.55. The molecule has 7 nitrogen and oxygen atoms in total. The fourth-order valence-electron chi connectivity index (χ4n) is 7.62. The Morgan fingerprint density at radius 2 is 0.721 bits per heavy atom. The zero-order valence-electron chi connectivity index (χ0n) is 39.7. The molecule has 0 aliphatic carbocycles. The summed E-state index contributed by atoms with van der Waals surface area (Å²) in [5.41, 5.74) is -0.337. The minimum Gasteiger partial charge on any atom is -0.744 e.